The molecule has 2 rings (SSSR count). The monoisotopic (exact) mass is 222 g/mol. The Labute approximate surface area is 93.0 Å². The molecule has 2 heterocycles. The van der Waals surface area contributed by atoms with Gasteiger partial charge in [-0.2, -0.15) is 16.4 Å². The third kappa shape index (κ3) is 2.27. The van der Waals surface area contributed by atoms with E-state index in [0.717, 1.165) is 24.1 Å². The molecule has 2 aromatic rings. The predicted molar refractivity (Wildman–Crippen MR) is 60.9 cm³/mol. The van der Waals surface area contributed by atoms with Gasteiger partial charge in [-0.1, -0.05) is 6.92 Å². The van der Waals surface area contributed by atoms with Crippen molar-refractivity contribution in [3.8, 4) is 0 Å². The molecule has 0 spiro atoms. The van der Waals surface area contributed by atoms with E-state index in [1.165, 1.54) is 0 Å². The van der Waals surface area contributed by atoms with Gasteiger partial charge in [-0.15, -0.1) is 0 Å². The Balaban J connectivity index is 2.15. The van der Waals surface area contributed by atoms with Crippen molar-refractivity contribution in [1.82, 2.24) is 9.78 Å². The lowest BCUT2D eigenvalue weighted by atomic mass is 10.1. The van der Waals surface area contributed by atoms with Crippen LogP contribution in [0.15, 0.2) is 29.2 Å². The molecular formula is C11H14N2OS. The summed E-state index contributed by atoms with van der Waals surface area (Å²) in [7, 11) is 0. The van der Waals surface area contributed by atoms with E-state index >= 15 is 0 Å². The number of aromatic nitrogens is 2. The number of rotatable bonds is 4. The minimum atomic E-state index is -0.540. The van der Waals surface area contributed by atoms with E-state index in [4.69, 9.17) is 0 Å². The smallest absolute Gasteiger partial charge is 0.108 e. The molecule has 80 valence electrons. The van der Waals surface area contributed by atoms with Crippen molar-refractivity contribution < 1.29 is 5.11 Å². The lowest BCUT2D eigenvalue weighted by Crippen LogP contribution is -1.98. The summed E-state index contributed by atoms with van der Waals surface area (Å²) in [6.45, 7) is 3.01. The summed E-state index contributed by atoms with van der Waals surface area (Å²) in [5, 5.41) is 18.1. The van der Waals surface area contributed by atoms with Gasteiger partial charge in [-0.05, 0) is 28.8 Å². The Morgan fingerprint density at radius 1 is 1.53 bits per heavy atom. The van der Waals surface area contributed by atoms with Gasteiger partial charge in [0.15, 0.2) is 0 Å². The van der Waals surface area contributed by atoms with Crippen molar-refractivity contribution in [2.45, 2.75) is 26.0 Å². The Hall–Kier alpha value is -1.13. The Kier molecular flexibility index (Phi) is 3.18. The molecule has 0 fully saturated rings. The van der Waals surface area contributed by atoms with Gasteiger partial charge in [0, 0.05) is 18.3 Å². The zero-order valence-electron chi connectivity index (χ0n) is 8.63. The standard InChI is InChI=1S/C11H14N2OS/c1-2-4-13-7-10(6-12-13)11(14)9-3-5-15-8-9/h3,5-8,11,14H,2,4H2,1H3. The maximum atomic E-state index is 10.0. The minimum Gasteiger partial charge on any atom is -0.384 e. The second kappa shape index (κ2) is 4.59. The number of aryl methyl sites for hydroxylation is 1. The highest BCUT2D eigenvalue weighted by Gasteiger charge is 2.12. The molecule has 2 aromatic heterocycles. The van der Waals surface area contributed by atoms with Crippen LogP contribution in [0.2, 0.25) is 0 Å². The second-order valence-corrected chi connectivity index (χ2v) is 4.28. The van der Waals surface area contributed by atoms with Crippen LogP contribution in [0.25, 0.3) is 0 Å². The van der Waals surface area contributed by atoms with Gasteiger partial charge >= 0.3 is 0 Å². The molecule has 0 aromatic carbocycles. The Morgan fingerprint density at radius 3 is 3.07 bits per heavy atom. The van der Waals surface area contributed by atoms with E-state index in [1.54, 1.807) is 17.5 Å². The van der Waals surface area contributed by atoms with Crippen LogP contribution >= 0.6 is 11.3 Å². The van der Waals surface area contributed by atoms with Crippen LogP contribution < -0.4 is 0 Å². The second-order valence-electron chi connectivity index (χ2n) is 3.50. The molecule has 1 N–H and O–H groups in total. The van der Waals surface area contributed by atoms with Crippen LogP contribution in [0.5, 0.6) is 0 Å². The molecule has 0 aliphatic rings. The molecule has 0 aliphatic carbocycles. The zero-order valence-corrected chi connectivity index (χ0v) is 9.44. The summed E-state index contributed by atoms with van der Waals surface area (Å²) in [6, 6.07) is 1.94. The van der Waals surface area contributed by atoms with E-state index in [0.29, 0.717) is 0 Å². The maximum absolute atomic E-state index is 10.0. The number of nitrogens with zero attached hydrogens (tertiary/aromatic N) is 2. The number of thiophene rings is 1. The van der Waals surface area contributed by atoms with Crippen LogP contribution in [0.3, 0.4) is 0 Å². The summed E-state index contributed by atoms with van der Waals surface area (Å²) in [4.78, 5) is 0. The van der Waals surface area contributed by atoms with Gasteiger partial charge in [-0.3, -0.25) is 4.68 Å². The third-order valence-corrected chi connectivity index (χ3v) is 2.98. The lowest BCUT2D eigenvalue weighted by molar-refractivity contribution is 0.220. The van der Waals surface area contributed by atoms with Crippen molar-refractivity contribution in [3.05, 3.63) is 40.3 Å². The molecule has 1 unspecified atom stereocenters. The fraction of sp³-hybridized carbons (Fsp3) is 0.364. The Morgan fingerprint density at radius 2 is 2.40 bits per heavy atom. The summed E-state index contributed by atoms with van der Waals surface area (Å²) in [6.07, 6.45) is 4.15. The molecule has 0 saturated heterocycles. The largest absolute Gasteiger partial charge is 0.384 e. The molecule has 1 atom stereocenters. The van der Waals surface area contributed by atoms with Gasteiger partial charge < -0.3 is 5.11 Å². The van der Waals surface area contributed by atoms with Crippen molar-refractivity contribution in [2.24, 2.45) is 0 Å². The van der Waals surface area contributed by atoms with E-state index in [-0.39, 0.29) is 0 Å². The Bertz CT molecular complexity index is 408. The van der Waals surface area contributed by atoms with Crippen LogP contribution in [0.1, 0.15) is 30.6 Å². The number of aliphatic hydroxyl groups is 1. The highest BCUT2D eigenvalue weighted by Crippen LogP contribution is 2.23. The highest BCUT2D eigenvalue weighted by atomic mass is 32.1. The first-order valence-corrected chi connectivity index (χ1v) is 5.98. The van der Waals surface area contributed by atoms with Crippen molar-refractivity contribution in [2.75, 3.05) is 0 Å². The SMILES string of the molecule is CCCn1cc(C(O)c2ccsc2)cn1. The van der Waals surface area contributed by atoms with Gasteiger partial charge in [0.25, 0.3) is 0 Å². The molecule has 3 nitrogen and oxygen atoms in total. The molecule has 4 heteroatoms. The van der Waals surface area contributed by atoms with Crippen LogP contribution in [0, 0.1) is 0 Å². The summed E-state index contributed by atoms with van der Waals surface area (Å²) >= 11 is 1.59. The van der Waals surface area contributed by atoms with Crippen molar-refractivity contribution >= 4 is 11.3 Å². The van der Waals surface area contributed by atoms with Crippen LogP contribution in [0.4, 0.5) is 0 Å². The summed E-state index contributed by atoms with van der Waals surface area (Å²) < 4.78 is 1.87. The lowest BCUT2D eigenvalue weighted by Gasteiger charge is -2.04. The highest BCUT2D eigenvalue weighted by molar-refractivity contribution is 7.07. The maximum Gasteiger partial charge on any atom is 0.108 e. The number of aliphatic hydroxyl groups excluding tert-OH is 1. The predicted octanol–water partition coefficient (Wildman–Crippen LogP) is 2.44. The van der Waals surface area contributed by atoms with E-state index in [9.17, 15) is 5.11 Å². The first-order chi connectivity index (χ1) is 7.31. The van der Waals surface area contributed by atoms with Gasteiger partial charge in [0.05, 0.1) is 6.20 Å². The van der Waals surface area contributed by atoms with Crippen molar-refractivity contribution in [1.29, 1.82) is 0 Å². The van der Waals surface area contributed by atoms with Gasteiger partial charge in [0.2, 0.25) is 0 Å². The van der Waals surface area contributed by atoms with Gasteiger partial charge in [-0.25, -0.2) is 0 Å². The normalized spacial score (nSPS) is 12.9. The summed E-state index contributed by atoms with van der Waals surface area (Å²) in [5.41, 5.74) is 1.80. The van der Waals surface area contributed by atoms with E-state index in [1.807, 2.05) is 27.7 Å². The van der Waals surface area contributed by atoms with E-state index in [2.05, 4.69) is 12.0 Å². The molecule has 15 heavy (non-hydrogen) atoms. The van der Waals surface area contributed by atoms with Crippen molar-refractivity contribution in [3.63, 3.8) is 0 Å². The van der Waals surface area contributed by atoms with Crippen LogP contribution in [-0.4, -0.2) is 14.9 Å². The molecule has 0 radical (unpaired) electrons. The topological polar surface area (TPSA) is 38.0 Å². The number of hydrogen-bond donors (Lipinski definition) is 1. The first-order valence-electron chi connectivity index (χ1n) is 5.03. The first kappa shape index (κ1) is 10.4. The summed E-state index contributed by atoms with van der Waals surface area (Å²) in [5.74, 6) is 0. The molecule has 0 aliphatic heterocycles. The molecule has 0 amide bonds. The van der Waals surface area contributed by atoms with E-state index < -0.39 is 6.10 Å². The molecule has 0 saturated carbocycles. The quantitative estimate of drug-likeness (QED) is 0.862. The average Bonchev–Trinajstić information content (AvgIpc) is 2.87. The average molecular weight is 222 g/mol. The minimum absolute atomic E-state index is 0.540. The zero-order chi connectivity index (χ0) is 10.7. The van der Waals surface area contributed by atoms with Gasteiger partial charge in [0.1, 0.15) is 6.10 Å². The third-order valence-electron chi connectivity index (χ3n) is 2.28. The number of hydrogen-bond acceptors (Lipinski definition) is 3. The molecular weight excluding hydrogens is 208 g/mol. The fourth-order valence-corrected chi connectivity index (χ4v) is 2.17. The molecule has 0 bridgehead atoms. The fourth-order valence-electron chi connectivity index (χ4n) is 1.50. The van der Waals surface area contributed by atoms with Crippen LogP contribution in [-0.2, 0) is 6.54 Å².